The van der Waals surface area contributed by atoms with Gasteiger partial charge in [0.1, 0.15) is 0 Å². The first kappa shape index (κ1) is 13.3. The Bertz CT molecular complexity index is 278. The number of nitrogens with zero attached hydrogens (tertiary/aromatic N) is 1. The highest BCUT2D eigenvalue weighted by atomic mass is 35.5. The van der Waals surface area contributed by atoms with Crippen molar-refractivity contribution in [3.8, 4) is 0 Å². The zero-order chi connectivity index (χ0) is 9.68. The van der Waals surface area contributed by atoms with Crippen molar-refractivity contribution in [2.24, 2.45) is 0 Å². The van der Waals surface area contributed by atoms with E-state index in [9.17, 15) is 0 Å². The molecule has 3 heteroatoms. The highest BCUT2D eigenvalue weighted by Crippen LogP contribution is 2.12. The zero-order valence-electron chi connectivity index (χ0n) is 8.40. The highest BCUT2D eigenvalue weighted by Gasteiger charge is 1.92. The summed E-state index contributed by atoms with van der Waals surface area (Å²) in [5, 5.41) is 0. The number of benzene rings is 1. The van der Waals surface area contributed by atoms with Gasteiger partial charge in [-0.15, -0.1) is 24.0 Å². The van der Waals surface area contributed by atoms with Crippen LogP contribution in [0.15, 0.2) is 30.3 Å². The van der Waals surface area contributed by atoms with Gasteiger partial charge in [-0.25, -0.2) is 0 Å². The fourth-order valence-corrected chi connectivity index (χ4v) is 1.15. The first-order valence-electron chi connectivity index (χ1n) is 4.24. The molecule has 1 nitrogen and oxygen atoms in total. The van der Waals surface area contributed by atoms with Crippen LogP contribution in [0.5, 0.6) is 0 Å². The summed E-state index contributed by atoms with van der Waals surface area (Å²) >= 11 is 5.54. The minimum atomic E-state index is 0. The van der Waals surface area contributed by atoms with Gasteiger partial charge in [0.2, 0.25) is 0 Å². The standard InChI is InChI=1S/C11H14ClN.ClH/c1-13(2)11-7-5-10(6-8-11)4-3-9-12;/h3-8H,9H2,1-2H3;1H. The molecule has 14 heavy (non-hydrogen) atoms. The third-order valence-corrected chi connectivity index (χ3v) is 1.99. The average molecular weight is 232 g/mol. The molecule has 0 atom stereocenters. The Labute approximate surface area is 96.8 Å². The molecule has 0 aliphatic heterocycles. The summed E-state index contributed by atoms with van der Waals surface area (Å²) in [5.74, 6) is 0.565. The Balaban J connectivity index is 0.00000169. The third kappa shape index (κ3) is 4.03. The molecule has 1 aromatic carbocycles. The van der Waals surface area contributed by atoms with Gasteiger partial charge in [0.25, 0.3) is 0 Å². The first-order valence-corrected chi connectivity index (χ1v) is 4.77. The minimum Gasteiger partial charge on any atom is -0.378 e. The predicted octanol–water partition coefficient (Wildman–Crippen LogP) is 3.43. The normalized spacial score (nSPS) is 9.93. The molecule has 0 saturated carbocycles. The molecule has 0 radical (unpaired) electrons. The van der Waals surface area contributed by atoms with Crippen molar-refractivity contribution in [3.05, 3.63) is 35.9 Å². The molecule has 0 unspecified atom stereocenters. The average Bonchev–Trinajstić information content (AvgIpc) is 2.15. The van der Waals surface area contributed by atoms with E-state index in [4.69, 9.17) is 11.6 Å². The van der Waals surface area contributed by atoms with Gasteiger partial charge in [-0.3, -0.25) is 0 Å². The van der Waals surface area contributed by atoms with Gasteiger partial charge in [0.15, 0.2) is 0 Å². The van der Waals surface area contributed by atoms with Crippen molar-refractivity contribution in [2.45, 2.75) is 0 Å². The topological polar surface area (TPSA) is 3.24 Å². The SMILES string of the molecule is CN(C)c1ccc(C=CCCl)cc1.Cl. The van der Waals surface area contributed by atoms with Crippen LogP contribution in [0.4, 0.5) is 5.69 Å². The van der Waals surface area contributed by atoms with Gasteiger partial charge in [-0.1, -0.05) is 24.3 Å². The number of halogens is 2. The second-order valence-corrected chi connectivity index (χ2v) is 3.35. The van der Waals surface area contributed by atoms with Gasteiger partial charge in [0.05, 0.1) is 0 Å². The summed E-state index contributed by atoms with van der Waals surface area (Å²) < 4.78 is 0. The molecule has 0 aromatic heterocycles. The Kier molecular flexibility index (Phi) is 6.43. The van der Waals surface area contributed by atoms with Gasteiger partial charge in [0, 0.05) is 25.7 Å². The van der Waals surface area contributed by atoms with E-state index < -0.39 is 0 Å². The van der Waals surface area contributed by atoms with Crippen LogP contribution in [0.1, 0.15) is 5.56 Å². The number of anilines is 1. The second kappa shape index (κ2) is 6.74. The molecular formula is C11H15Cl2N. The van der Waals surface area contributed by atoms with E-state index in [2.05, 4.69) is 29.2 Å². The van der Waals surface area contributed by atoms with Gasteiger partial charge < -0.3 is 4.90 Å². The Hall–Kier alpha value is -0.660. The van der Waals surface area contributed by atoms with Crippen molar-refractivity contribution in [1.29, 1.82) is 0 Å². The Morgan fingerprint density at radius 1 is 1.21 bits per heavy atom. The smallest absolute Gasteiger partial charge is 0.0407 e. The molecule has 0 spiro atoms. The van der Waals surface area contributed by atoms with Gasteiger partial charge >= 0.3 is 0 Å². The van der Waals surface area contributed by atoms with Crippen molar-refractivity contribution in [2.75, 3.05) is 24.9 Å². The summed E-state index contributed by atoms with van der Waals surface area (Å²) in [6, 6.07) is 8.35. The van der Waals surface area contributed by atoms with Crippen LogP contribution >= 0.6 is 24.0 Å². The van der Waals surface area contributed by atoms with Crippen LogP contribution in [0.3, 0.4) is 0 Å². The molecule has 78 valence electrons. The minimum absolute atomic E-state index is 0. The third-order valence-electron chi connectivity index (χ3n) is 1.81. The number of hydrogen-bond donors (Lipinski definition) is 0. The molecule has 1 rings (SSSR count). The monoisotopic (exact) mass is 231 g/mol. The van der Waals surface area contributed by atoms with Gasteiger partial charge in [-0.2, -0.15) is 0 Å². The van der Waals surface area contributed by atoms with Crippen LogP contribution in [0.25, 0.3) is 6.08 Å². The Morgan fingerprint density at radius 2 is 1.79 bits per heavy atom. The first-order chi connectivity index (χ1) is 6.24. The summed E-state index contributed by atoms with van der Waals surface area (Å²) in [4.78, 5) is 2.08. The highest BCUT2D eigenvalue weighted by molar-refractivity contribution is 6.19. The summed E-state index contributed by atoms with van der Waals surface area (Å²) in [7, 11) is 4.06. The van der Waals surface area contributed by atoms with Crippen LogP contribution in [0, 0.1) is 0 Å². The van der Waals surface area contributed by atoms with E-state index in [1.165, 1.54) is 11.3 Å². The van der Waals surface area contributed by atoms with Crippen molar-refractivity contribution in [1.82, 2.24) is 0 Å². The molecule has 0 aliphatic carbocycles. The van der Waals surface area contributed by atoms with Crippen molar-refractivity contribution < 1.29 is 0 Å². The van der Waals surface area contributed by atoms with E-state index >= 15 is 0 Å². The van der Waals surface area contributed by atoms with E-state index in [0.717, 1.165) is 0 Å². The molecular weight excluding hydrogens is 217 g/mol. The largest absolute Gasteiger partial charge is 0.378 e. The fourth-order valence-electron chi connectivity index (χ4n) is 1.06. The maximum absolute atomic E-state index is 5.54. The lowest BCUT2D eigenvalue weighted by atomic mass is 10.2. The number of hydrogen-bond acceptors (Lipinski definition) is 1. The molecule has 0 aliphatic rings. The number of allylic oxidation sites excluding steroid dienone is 1. The quantitative estimate of drug-likeness (QED) is 0.721. The van der Waals surface area contributed by atoms with E-state index in [1.807, 2.05) is 26.2 Å². The van der Waals surface area contributed by atoms with Crippen LogP contribution in [0.2, 0.25) is 0 Å². The lowest BCUT2D eigenvalue weighted by Crippen LogP contribution is -2.07. The lowest BCUT2D eigenvalue weighted by Gasteiger charge is -2.11. The Morgan fingerprint density at radius 3 is 2.21 bits per heavy atom. The molecule has 0 saturated heterocycles. The maximum atomic E-state index is 5.54. The molecule has 0 bridgehead atoms. The van der Waals surface area contributed by atoms with Crippen molar-refractivity contribution in [3.63, 3.8) is 0 Å². The summed E-state index contributed by atoms with van der Waals surface area (Å²) in [6.07, 6.45) is 3.96. The number of alkyl halides is 1. The second-order valence-electron chi connectivity index (χ2n) is 3.04. The maximum Gasteiger partial charge on any atom is 0.0407 e. The van der Waals surface area contributed by atoms with Crippen LogP contribution in [-0.4, -0.2) is 20.0 Å². The van der Waals surface area contributed by atoms with E-state index in [-0.39, 0.29) is 12.4 Å². The van der Waals surface area contributed by atoms with Crippen LogP contribution < -0.4 is 4.90 Å². The summed E-state index contributed by atoms with van der Waals surface area (Å²) in [6.45, 7) is 0. The van der Waals surface area contributed by atoms with Crippen LogP contribution in [-0.2, 0) is 0 Å². The van der Waals surface area contributed by atoms with Gasteiger partial charge in [-0.05, 0) is 17.7 Å². The molecule has 0 amide bonds. The predicted molar refractivity (Wildman–Crippen MR) is 67.8 cm³/mol. The van der Waals surface area contributed by atoms with E-state index in [0.29, 0.717) is 5.88 Å². The molecule has 0 N–H and O–H groups in total. The zero-order valence-corrected chi connectivity index (χ0v) is 9.98. The van der Waals surface area contributed by atoms with E-state index in [1.54, 1.807) is 0 Å². The lowest BCUT2D eigenvalue weighted by molar-refractivity contribution is 1.13. The fraction of sp³-hybridized carbons (Fsp3) is 0.273. The summed E-state index contributed by atoms with van der Waals surface area (Å²) in [5.41, 5.74) is 2.40. The molecule has 1 aromatic rings. The van der Waals surface area contributed by atoms with Crippen molar-refractivity contribution >= 4 is 35.8 Å². The number of rotatable bonds is 3. The molecule has 0 fully saturated rings. The molecule has 0 heterocycles.